The molecule has 3 heteroatoms. The van der Waals surface area contributed by atoms with Gasteiger partial charge >= 0.3 is 0 Å². The summed E-state index contributed by atoms with van der Waals surface area (Å²) in [6.45, 7) is 4.58. The third kappa shape index (κ3) is 2.85. The van der Waals surface area contributed by atoms with Crippen molar-refractivity contribution in [2.24, 2.45) is 11.7 Å². The van der Waals surface area contributed by atoms with Crippen molar-refractivity contribution in [3.05, 3.63) is 29.8 Å². The highest BCUT2D eigenvalue weighted by Crippen LogP contribution is 2.24. The van der Waals surface area contributed by atoms with Gasteiger partial charge in [-0.2, -0.15) is 0 Å². The highest BCUT2D eigenvalue weighted by Gasteiger charge is 2.27. The summed E-state index contributed by atoms with van der Waals surface area (Å²) in [7, 11) is 2.14. The van der Waals surface area contributed by atoms with Crippen LogP contribution in [-0.2, 0) is 11.2 Å². The van der Waals surface area contributed by atoms with Crippen molar-refractivity contribution >= 4 is 5.69 Å². The van der Waals surface area contributed by atoms with Crippen molar-refractivity contribution in [3.8, 4) is 0 Å². The molecule has 0 spiro atoms. The minimum atomic E-state index is 0.375. The van der Waals surface area contributed by atoms with Crippen molar-refractivity contribution in [2.75, 3.05) is 31.7 Å². The Morgan fingerprint density at radius 2 is 2.11 bits per heavy atom. The summed E-state index contributed by atoms with van der Waals surface area (Å²) in [6, 6.07) is 9.16. The molecule has 0 bridgehead atoms. The van der Waals surface area contributed by atoms with E-state index in [1.165, 1.54) is 11.3 Å². The van der Waals surface area contributed by atoms with E-state index in [9.17, 15) is 0 Å². The summed E-state index contributed by atoms with van der Waals surface area (Å²) >= 11 is 0. The zero-order valence-corrected chi connectivity index (χ0v) is 11.4. The fraction of sp³-hybridized carbons (Fsp3) is 0.600. The molecule has 1 aromatic carbocycles. The number of nitrogens with zero attached hydrogens (tertiary/aromatic N) is 1. The summed E-state index contributed by atoms with van der Waals surface area (Å²) < 4.78 is 5.48. The molecule has 2 atom stereocenters. The van der Waals surface area contributed by atoms with E-state index in [4.69, 9.17) is 10.5 Å². The number of anilines is 1. The summed E-state index contributed by atoms with van der Waals surface area (Å²) in [4.78, 5) is 2.30. The molecule has 0 saturated carbocycles. The standard InChI is InChI=1S/C15H24N2O/c1-3-12-4-6-14(7-5-12)17(2)15(10-16)13-8-9-18-11-13/h4-7,13,15H,3,8-11,16H2,1-2H3. The molecule has 2 unspecified atom stereocenters. The van der Waals surface area contributed by atoms with E-state index in [2.05, 4.69) is 43.1 Å². The van der Waals surface area contributed by atoms with Crippen LogP contribution in [0.3, 0.4) is 0 Å². The van der Waals surface area contributed by atoms with Crippen LogP contribution in [0, 0.1) is 5.92 Å². The average Bonchev–Trinajstić information content (AvgIpc) is 2.93. The van der Waals surface area contributed by atoms with E-state index in [1.807, 2.05) is 0 Å². The summed E-state index contributed by atoms with van der Waals surface area (Å²) in [5.74, 6) is 0.561. The van der Waals surface area contributed by atoms with Gasteiger partial charge in [0.15, 0.2) is 0 Å². The molecule has 3 nitrogen and oxygen atoms in total. The summed E-state index contributed by atoms with van der Waals surface area (Å²) in [5.41, 5.74) is 8.57. The van der Waals surface area contributed by atoms with Crippen LogP contribution in [0.5, 0.6) is 0 Å². The van der Waals surface area contributed by atoms with E-state index in [-0.39, 0.29) is 0 Å². The lowest BCUT2D eigenvalue weighted by atomic mass is 9.97. The predicted molar refractivity (Wildman–Crippen MR) is 76.0 cm³/mol. The molecule has 1 heterocycles. The monoisotopic (exact) mass is 248 g/mol. The largest absolute Gasteiger partial charge is 0.381 e. The fourth-order valence-corrected chi connectivity index (χ4v) is 2.68. The molecule has 1 saturated heterocycles. The van der Waals surface area contributed by atoms with E-state index < -0.39 is 0 Å². The molecule has 18 heavy (non-hydrogen) atoms. The van der Waals surface area contributed by atoms with E-state index >= 15 is 0 Å². The van der Waals surface area contributed by atoms with Crippen molar-refractivity contribution in [3.63, 3.8) is 0 Å². The van der Waals surface area contributed by atoms with Crippen LogP contribution in [-0.4, -0.2) is 32.8 Å². The Hall–Kier alpha value is -1.06. The zero-order chi connectivity index (χ0) is 13.0. The lowest BCUT2D eigenvalue weighted by molar-refractivity contribution is 0.180. The Morgan fingerprint density at radius 3 is 2.61 bits per heavy atom. The van der Waals surface area contributed by atoms with Crippen LogP contribution in [0.25, 0.3) is 0 Å². The number of hydrogen-bond donors (Lipinski definition) is 1. The van der Waals surface area contributed by atoms with Crippen LogP contribution in [0.2, 0.25) is 0 Å². The summed E-state index contributed by atoms with van der Waals surface area (Å²) in [5, 5.41) is 0. The Morgan fingerprint density at radius 1 is 1.39 bits per heavy atom. The number of likely N-dealkylation sites (N-methyl/N-ethyl adjacent to an activating group) is 1. The molecule has 1 aromatic rings. The first-order valence-corrected chi connectivity index (χ1v) is 6.85. The molecule has 100 valence electrons. The number of hydrogen-bond acceptors (Lipinski definition) is 3. The highest BCUT2D eigenvalue weighted by molar-refractivity contribution is 5.48. The van der Waals surface area contributed by atoms with E-state index in [0.717, 1.165) is 26.1 Å². The maximum absolute atomic E-state index is 5.95. The first-order chi connectivity index (χ1) is 8.76. The lowest BCUT2D eigenvalue weighted by Gasteiger charge is -2.33. The lowest BCUT2D eigenvalue weighted by Crippen LogP contribution is -2.44. The number of benzene rings is 1. The van der Waals surface area contributed by atoms with E-state index in [0.29, 0.717) is 18.5 Å². The number of aryl methyl sites for hydroxylation is 1. The number of rotatable bonds is 5. The van der Waals surface area contributed by atoms with Gasteiger partial charge in [0.2, 0.25) is 0 Å². The van der Waals surface area contributed by atoms with Gasteiger partial charge in [-0.3, -0.25) is 0 Å². The minimum Gasteiger partial charge on any atom is -0.381 e. The van der Waals surface area contributed by atoms with Gasteiger partial charge in [-0.25, -0.2) is 0 Å². The molecular formula is C15H24N2O. The molecule has 2 N–H and O–H groups in total. The van der Waals surface area contributed by atoms with Crippen LogP contribution < -0.4 is 10.6 Å². The quantitative estimate of drug-likeness (QED) is 0.866. The molecule has 1 fully saturated rings. The Bertz CT molecular complexity index is 357. The topological polar surface area (TPSA) is 38.5 Å². The first kappa shape index (κ1) is 13.4. The third-order valence-corrected chi connectivity index (χ3v) is 4.00. The fourth-order valence-electron chi connectivity index (χ4n) is 2.68. The first-order valence-electron chi connectivity index (χ1n) is 6.85. The van der Waals surface area contributed by atoms with Gasteiger partial charge in [-0.15, -0.1) is 0 Å². The Labute approximate surface area is 110 Å². The third-order valence-electron chi connectivity index (χ3n) is 4.00. The molecule has 0 amide bonds. The van der Waals surface area contributed by atoms with Crippen molar-refractivity contribution < 1.29 is 4.74 Å². The van der Waals surface area contributed by atoms with Crippen molar-refractivity contribution in [2.45, 2.75) is 25.8 Å². The van der Waals surface area contributed by atoms with Gasteiger partial charge in [-0.05, 0) is 30.5 Å². The molecule has 1 aliphatic heterocycles. The maximum atomic E-state index is 5.95. The van der Waals surface area contributed by atoms with Crippen LogP contribution in [0.1, 0.15) is 18.9 Å². The molecule has 0 radical (unpaired) electrons. The van der Waals surface area contributed by atoms with Gasteiger partial charge in [-0.1, -0.05) is 19.1 Å². The van der Waals surface area contributed by atoms with E-state index in [1.54, 1.807) is 0 Å². The summed E-state index contributed by atoms with van der Waals surface area (Å²) in [6.07, 6.45) is 2.21. The van der Waals surface area contributed by atoms with Gasteiger partial charge in [0, 0.05) is 37.8 Å². The molecule has 0 aliphatic carbocycles. The normalized spacial score (nSPS) is 20.9. The van der Waals surface area contributed by atoms with Crippen molar-refractivity contribution in [1.82, 2.24) is 0 Å². The second-order valence-corrected chi connectivity index (χ2v) is 5.06. The van der Waals surface area contributed by atoms with Gasteiger partial charge < -0.3 is 15.4 Å². The van der Waals surface area contributed by atoms with Gasteiger partial charge in [0.05, 0.1) is 6.61 Å². The number of ether oxygens (including phenoxy) is 1. The van der Waals surface area contributed by atoms with Crippen LogP contribution in [0.15, 0.2) is 24.3 Å². The Balaban J connectivity index is 2.09. The van der Waals surface area contributed by atoms with Gasteiger partial charge in [0.1, 0.15) is 0 Å². The molecular weight excluding hydrogens is 224 g/mol. The average molecular weight is 248 g/mol. The van der Waals surface area contributed by atoms with Crippen LogP contribution >= 0.6 is 0 Å². The molecule has 1 aliphatic rings. The van der Waals surface area contributed by atoms with Crippen LogP contribution in [0.4, 0.5) is 5.69 Å². The number of nitrogens with two attached hydrogens (primary N) is 1. The zero-order valence-electron chi connectivity index (χ0n) is 11.4. The molecule has 0 aromatic heterocycles. The second-order valence-electron chi connectivity index (χ2n) is 5.06. The smallest absolute Gasteiger partial charge is 0.0515 e. The minimum absolute atomic E-state index is 0.375. The Kier molecular flexibility index (Phi) is 4.61. The molecule has 2 rings (SSSR count). The maximum Gasteiger partial charge on any atom is 0.0515 e. The highest BCUT2D eigenvalue weighted by atomic mass is 16.5. The SMILES string of the molecule is CCc1ccc(N(C)C(CN)C2CCOC2)cc1. The predicted octanol–water partition coefficient (Wildman–Crippen LogP) is 2.05. The van der Waals surface area contributed by atoms with Crippen molar-refractivity contribution in [1.29, 1.82) is 0 Å². The van der Waals surface area contributed by atoms with Gasteiger partial charge in [0.25, 0.3) is 0 Å². The second kappa shape index (κ2) is 6.21.